The van der Waals surface area contributed by atoms with Crippen molar-refractivity contribution in [2.45, 2.75) is 44.9 Å². The second-order valence-corrected chi connectivity index (χ2v) is 10.2. The van der Waals surface area contributed by atoms with Crippen molar-refractivity contribution in [1.82, 2.24) is 15.1 Å². The van der Waals surface area contributed by atoms with Gasteiger partial charge in [-0.15, -0.1) is 5.10 Å². The van der Waals surface area contributed by atoms with E-state index in [1.54, 1.807) is 12.3 Å². The monoisotopic (exact) mass is 469 g/mol. The third-order valence-electron chi connectivity index (χ3n) is 7.63. The zero-order valence-corrected chi connectivity index (χ0v) is 19.9. The van der Waals surface area contributed by atoms with Crippen molar-refractivity contribution >= 4 is 22.3 Å². The topological polar surface area (TPSA) is 44.3 Å². The van der Waals surface area contributed by atoms with Crippen LogP contribution in [0.5, 0.6) is 0 Å². The van der Waals surface area contributed by atoms with Crippen molar-refractivity contribution in [3.8, 4) is 0 Å². The molecule has 1 spiro atoms. The summed E-state index contributed by atoms with van der Waals surface area (Å²) in [5.74, 6) is 0.579. The normalized spacial score (nSPS) is 18.8. The Morgan fingerprint density at radius 1 is 1.15 bits per heavy atom. The number of rotatable bonds is 5. The Kier molecular flexibility index (Phi) is 5.47. The van der Waals surface area contributed by atoms with Gasteiger partial charge >= 0.3 is 6.18 Å². The van der Waals surface area contributed by atoms with Crippen LogP contribution in [0.4, 0.5) is 24.7 Å². The highest BCUT2D eigenvalue weighted by molar-refractivity contribution is 5.93. The molecule has 1 aromatic heterocycles. The maximum atomic E-state index is 13.4. The third kappa shape index (κ3) is 3.98. The molecule has 2 aliphatic rings. The second kappa shape index (κ2) is 8.12. The Balaban J connectivity index is 1.37. The van der Waals surface area contributed by atoms with E-state index in [4.69, 9.17) is 0 Å². The van der Waals surface area contributed by atoms with E-state index in [1.165, 1.54) is 25.8 Å². The molecule has 0 amide bonds. The lowest BCUT2D eigenvalue weighted by Gasteiger charge is -2.61. The number of anilines is 2. The van der Waals surface area contributed by atoms with Crippen LogP contribution in [-0.4, -0.2) is 48.3 Å². The van der Waals surface area contributed by atoms with E-state index in [2.05, 4.69) is 51.5 Å². The van der Waals surface area contributed by atoms with Gasteiger partial charge in [0.25, 0.3) is 0 Å². The van der Waals surface area contributed by atoms with Gasteiger partial charge in [0.1, 0.15) is 0 Å². The summed E-state index contributed by atoms with van der Waals surface area (Å²) in [4.78, 5) is 4.71. The van der Waals surface area contributed by atoms with Gasteiger partial charge in [-0.3, -0.25) is 0 Å². The molecule has 8 heteroatoms. The largest absolute Gasteiger partial charge is 0.416 e. The third-order valence-corrected chi connectivity index (χ3v) is 7.63. The van der Waals surface area contributed by atoms with Crippen LogP contribution in [0, 0.1) is 12.3 Å². The van der Waals surface area contributed by atoms with E-state index in [0.717, 1.165) is 35.6 Å². The fourth-order valence-corrected chi connectivity index (χ4v) is 5.59. The van der Waals surface area contributed by atoms with E-state index < -0.39 is 11.7 Å². The molecular formula is C26H30F3N5. The quantitative estimate of drug-likeness (QED) is 0.522. The SMILES string of the molecule is Cc1c([C@@H](C)Nc2nncc3ccc(N4CC5(CC(N(C)C)C5)C4)cc23)cccc1C(F)(F)F. The van der Waals surface area contributed by atoms with Crippen LogP contribution in [0.1, 0.15) is 42.5 Å². The molecule has 0 bridgehead atoms. The van der Waals surface area contributed by atoms with Gasteiger partial charge < -0.3 is 15.1 Å². The highest BCUT2D eigenvalue weighted by atomic mass is 19.4. The Morgan fingerprint density at radius 3 is 2.56 bits per heavy atom. The molecular weight excluding hydrogens is 439 g/mol. The molecule has 1 aliphatic heterocycles. The highest BCUT2D eigenvalue weighted by Crippen LogP contribution is 2.51. The number of benzene rings is 2. The lowest BCUT2D eigenvalue weighted by atomic mass is 9.60. The fourth-order valence-electron chi connectivity index (χ4n) is 5.59. The first kappa shape index (κ1) is 22.9. The smallest absolute Gasteiger partial charge is 0.370 e. The van der Waals surface area contributed by atoms with Gasteiger partial charge in [-0.25, -0.2) is 0 Å². The van der Waals surface area contributed by atoms with E-state index in [9.17, 15) is 13.2 Å². The fraction of sp³-hybridized carbons (Fsp3) is 0.462. The Labute approximate surface area is 198 Å². The average molecular weight is 470 g/mol. The van der Waals surface area contributed by atoms with Crippen LogP contribution in [0.15, 0.2) is 42.6 Å². The summed E-state index contributed by atoms with van der Waals surface area (Å²) >= 11 is 0. The Morgan fingerprint density at radius 2 is 1.88 bits per heavy atom. The van der Waals surface area contributed by atoms with Crippen LogP contribution in [0.2, 0.25) is 0 Å². The van der Waals surface area contributed by atoms with Gasteiger partial charge in [-0.1, -0.05) is 18.2 Å². The van der Waals surface area contributed by atoms with Crippen LogP contribution in [-0.2, 0) is 6.18 Å². The first-order valence-electron chi connectivity index (χ1n) is 11.7. The van der Waals surface area contributed by atoms with E-state index >= 15 is 0 Å². The predicted octanol–water partition coefficient (Wildman–Crippen LogP) is 5.66. The van der Waals surface area contributed by atoms with Gasteiger partial charge in [0, 0.05) is 41.0 Å². The molecule has 34 heavy (non-hydrogen) atoms. The molecule has 2 heterocycles. The average Bonchev–Trinajstić information content (AvgIpc) is 2.71. The highest BCUT2D eigenvalue weighted by Gasteiger charge is 2.52. The summed E-state index contributed by atoms with van der Waals surface area (Å²) in [6, 6.07) is 10.9. The Hall–Kier alpha value is -2.87. The zero-order valence-electron chi connectivity index (χ0n) is 19.9. The minimum atomic E-state index is -4.38. The summed E-state index contributed by atoms with van der Waals surface area (Å²) < 4.78 is 40.1. The lowest BCUT2D eigenvalue weighted by molar-refractivity contribution is -0.138. The van der Waals surface area contributed by atoms with Gasteiger partial charge in [0.15, 0.2) is 5.82 Å². The number of aromatic nitrogens is 2. The van der Waals surface area contributed by atoms with Gasteiger partial charge in [0.2, 0.25) is 0 Å². The molecule has 2 fully saturated rings. The zero-order chi connectivity index (χ0) is 24.3. The van der Waals surface area contributed by atoms with Gasteiger partial charge in [-0.05, 0) is 70.1 Å². The van der Waals surface area contributed by atoms with Crippen molar-refractivity contribution in [3.63, 3.8) is 0 Å². The lowest BCUT2D eigenvalue weighted by Crippen LogP contribution is -2.66. The first-order valence-corrected chi connectivity index (χ1v) is 11.7. The van der Waals surface area contributed by atoms with Gasteiger partial charge in [-0.2, -0.15) is 18.3 Å². The molecule has 0 unspecified atom stereocenters. The summed E-state index contributed by atoms with van der Waals surface area (Å²) in [5.41, 5.74) is 1.80. The molecule has 1 saturated heterocycles. The number of halogens is 3. The molecule has 5 rings (SSSR count). The number of fused-ring (bicyclic) bond motifs is 1. The maximum absolute atomic E-state index is 13.4. The molecule has 0 radical (unpaired) electrons. The first-order chi connectivity index (χ1) is 16.1. The molecule has 180 valence electrons. The van der Waals surface area contributed by atoms with Crippen molar-refractivity contribution in [3.05, 3.63) is 59.3 Å². The maximum Gasteiger partial charge on any atom is 0.416 e. The molecule has 1 atom stereocenters. The van der Waals surface area contributed by atoms with Crippen LogP contribution in [0.25, 0.3) is 10.8 Å². The number of hydrogen-bond acceptors (Lipinski definition) is 5. The van der Waals surface area contributed by atoms with Crippen molar-refractivity contribution in [2.24, 2.45) is 5.41 Å². The predicted molar refractivity (Wildman–Crippen MR) is 129 cm³/mol. The standard InChI is InChI=1S/C26H30F3N5/c1-16-21(6-5-7-23(16)26(27,28)29)17(2)31-24-22-10-19(9-8-18(22)13-30-32-24)34-14-25(15-34)11-20(12-25)33(3)4/h5-10,13,17,20H,11-12,14-15H2,1-4H3,(H,31,32)/t17-/m1/s1. The number of alkyl halides is 3. The molecule has 5 nitrogen and oxygen atoms in total. The van der Waals surface area contributed by atoms with E-state index in [-0.39, 0.29) is 11.6 Å². The summed E-state index contributed by atoms with van der Waals surface area (Å²) in [6.07, 6.45) is -0.169. The molecule has 1 N–H and O–H groups in total. The van der Waals surface area contributed by atoms with Crippen LogP contribution in [0.3, 0.4) is 0 Å². The van der Waals surface area contributed by atoms with Crippen LogP contribution < -0.4 is 10.2 Å². The summed E-state index contributed by atoms with van der Waals surface area (Å²) in [5, 5.41) is 13.6. The number of hydrogen-bond donors (Lipinski definition) is 1. The van der Waals surface area contributed by atoms with E-state index in [0.29, 0.717) is 22.8 Å². The van der Waals surface area contributed by atoms with Crippen molar-refractivity contribution in [2.75, 3.05) is 37.4 Å². The Bertz CT molecular complexity index is 1210. The summed E-state index contributed by atoms with van der Waals surface area (Å²) in [6.45, 7) is 5.49. The van der Waals surface area contributed by atoms with Gasteiger partial charge in [0.05, 0.1) is 17.8 Å². The number of nitrogens with zero attached hydrogens (tertiary/aromatic N) is 4. The van der Waals surface area contributed by atoms with Crippen LogP contribution >= 0.6 is 0 Å². The molecule has 1 saturated carbocycles. The summed E-state index contributed by atoms with van der Waals surface area (Å²) in [7, 11) is 4.30. The van der Waals surface area contributed by atoms with E-state index in [1.807, 2.05) is 13.0 Å². The van der Waals surface area contributed by atoms with Crippen molar-refractivity contribution in [1.29, 1.82) is 0 Å². The molecule has 2 aromatic carbocycles. The number of nitrogens with one attached hydrogen (secondary N) is 1. The minimum Gasteiger partial charge on any atom is -0.370 e. The molecule has 1 aliphatic carbocycles. The molecule has 3 aromatic rings. The second-order valence-electron chi connectivity index (χ2n) is 10.2. The van der Waals surface area contributed by atoms with Crippen molar-refractivity contribution < 1.29 is 13.2 Å². The minimum absolute atomic E-state index is 0.228.